The van der Waals surface area contributed by atoms with Gasteiger partial charge in [-0.1, -0.05) is 0 Å². The Labute approximate surface area is 149 Å². The highest BCUT2D eigenvalue weighted by molar-refractivity contribution is 7.15. The molecule has 8 nitrogen and oxygen atoms in total. The van der Waals surface area contributed by atoms with Crippen molar-refractivity contribution in [2.24, 2.45) is 0 Å². The minimum absolute atomic E-state index is 0.155. The van der Waals surface area contributed by atoms with Crippen LogP contribution < -0.4 is 15.1 Å². The molecular formula is C16H19N5O3S. The lowest BCUT2D eigenvalue weighted by molar-refractivity contribution is -0.137. The molecule has 1 fully saturated rings. The van der Waals surface area contributed by atoms with E-state index >= 15 is 0 Å². The number of amides is 1. The highest BCUT2D eigenvalue weighted by Gasteiger charge is 2.20. The molecule has 0 spiro atoms. The lowest BCUT2D eigenvalue weighted by atomic mass is 10.3. The van der Waals surface area contributed by atoms with Crippen molar-refractivity contribution in [1.29, 1.82) is 0 Å². The number of aromatic nitrogens is 2. The van der Waals surface area contributed by atoms with Crippen LogP contribution in [-0.2, 0) is 16.0 Å². The number of hydrogen-bond acceptors (Lipinski definition) is 7. The van der Waals surface area contributed by atoms with E-state index in [-0.39, 0.29) is 18.9 Å². The van der Waals surface area contributed by atoms with E-state index in [4.69, 9.17) is 5.11 Å². The average Bonchev–Trinajstić information content (AvgIpc) is 3.09. The van der Waals surface area contributed by atoms with Gasteiger partial charge in [-0.3, -0.25) is 14.6 Å². The van der Waals surface area contributed by atoms with Gasteiger partial charge < -0.3 is 20.2 Å². The normalized spacial score (nSPS) is 14.4. The molecule has 2 N–H and O–H groups in total. The number of nitrogens with zero attached hydrogens (tertiary/aromatic N) is 4. The summed E-state index contributed by atoms with van der Waals surface area (Å²) in [6, 6.07) is 4.01. The topological polar surface area (TPSA) is 98.7 Å². The molecular weight excluding hydrogens is 342 g/mol. The molecule has 0 aromatic carbocycles. The molecule has 2 aromatic rings. The second kappa shape index (κ2) is 7.93. The first kappa shape index (κ1) is 17.2. The van der Waals surface area contributed by atoms with Gasteiger partial charge in [-0.2, -0.15) is 0 Å². The first-order valence-corrected chi connectivity index (χ1v) is 8.76. The Balaban J connectivity index is 1.52. The van der Waals surface area contributed by atoms with Gasteiger partial charge >= 0.3 is 5.97 Å². The maximum absolute atomic E-state index is 11.7. The van der Waals surface area contributed by atoms with Gasteiger partial charge in [0.1, 0.15) is 6.54 Å². The fraction of sp³-hybridized carbons (Fsp3) is 0.375. The molecule has 132 valence electrons. The fourth-order valence-corrected chi connectivity index (χ4v) is 3.59. The molecule has 1 aliphatic rings. The summed E-state index contributed by atoms with van der Waals surface area (Å²) in [5.41, 5.74) is 1.17. The Kier molecular flexibility index (Phi) is 5.44. The maximum atomic E-state index is 11.7. The third kappa shape index (κ3) is 4.66. The highest BCUT2D eigenvalue weighted by Crippen LogP contribution is 2.25. The van der Waals surface area contributed by atoms with Crippen LogP contribution in [0.15, 0.2) is 30.7 Å². The third-order valence-corrected chi connectivity index (χ3v) is 4.95. The first-order valence-electron chi connectivity index (χ1n) is 7.95. The van der Waals surface area contributed by atoms with Gasteiger partial charge in [-0.05, 0) is 12.1 Å². The largest absolute Gasteiger partial charge is 0.480 e. The van der Waals surface area contributed by atoms with Crippen LogP contribution in [0.3, 0.4) is 0 Å². The number of rotatable bonds is 6. The molecule has 0 aliphatic carbocycles. The van der Waals surface area contributed by atoms with Crippen LogP contribution in [0.25, 0.3) is 0 Å². The van der Waals surface area contributed by atoms with Crippen molar-refractivity contribution < 1.29 is 14.7 Å². The van der Waals surface area contributed by atoms with E-state index in [1.54, 1.807) is 18.6 Å². The van der Waals surface area contributed by atoms with Crippen LogP contribution >= 0.6 is 11.3 Å². The number of piperazine rings is 1. The predicted molar refractivity (Wildman–Crippen MR) is 95.1 cm³/mol. The Morgan fingerprint density at radius 1 is 1.16 bits per heavy atom. The summed E-state index contributed by atoms with van der Waals surface area (Å²) in [5, 5.41) is 11.8. The van der Waals surface area contributed by atoms with Crippen molar-refractivity contribution in [3.63, 3.8) is 0 Å². The molecule has 0 saturated carbocycles. The van der Waals surface area contributed by atoms with Crippen molar-refractivity contribution >= 4 is 34.0 Å². The number of pyridine rings is 1. The zero-order valence-corrected chi connectivity index (χ0v) is 14.4. The van der Waals surface area contributed by atoms with E-state index in [2.05, 4.69) is 25.1 Å². The lowest BCUT2D eigenvalue weighted by Crippen LogP contribution is -2.46. The molecule has 0 atom stereocenters. The number of carbonyl (C=O) groups excluding carboxylic acids is 1. The van der Waals surface area contributed by atoms with Gasteiger partial charge in [0, 0.05) is 55.3 Å². The standard InChI is InChI=1S/C16H19N5O3S/c22-14(18-11-15(23)24)9-13-10-19-16(25-13)21-7-5-20(6-8-21)12-1-3-17-4-2-12/h1-4,10H,5-9,11H2,(H,18,22)(H,23,24). The van der Waals surface area contributed by atoms with E-state index in [1.807, 2.05) is 12.1 Å². The van der Waals surface area contributed by atoms with Gasteiger partial charge in [0.25, 0.3) is 0 Å². The summed E-state index contributed by atoms with van der Waals surface area (Å²) in [6.45, 7) is 3.17. The molecule has 0 unspecified atom stereocenters. The van der Waals surface area contributed by atoms with Crippen molar-refractivity contribution in [2.45, 2.75) is 6.42 Å². The molecule has 9 heteroatoms. The van der Waals surface area contributed by atoms with Crippen LogP contribution in [0, 0.1) is 0 Å². The Bertz CT molecular complexity index is 728. The zero-order valence-electron chi connectivity index (χ0n) is 13.6. The van der Waals surface area contributed by atoms with Crippen molar-refractivity contribution in [3.8, 4) is 0 Å². The van der Waals surface area contributed by atoms with Crippen LogP contribution in [0.4, 0.5) is 10.8 Å². The van der Waals surface area contributed by atoms with Gasteiger partial charge in [0.15, 0.2) is 5.13 Å². The molecule has 0 bridgehead atoms. The summed E-state index contributed by atoms with van der Waals surface area (Å²) in [4.78, 5) is 35.9. The fourth-order valence-electron chi connectivity index (χ4n) is 2.63. The molecule has 2 aromatic heterocycles. The minimum Gasteiger partial charge on any atom is -0.480 e. The van der Waals surface area contributed by atoms with E-state index in [0.717, 1.165) is 36.2 Å². The highest BCUT2D eigenvalue weighted by atomic mass is 32.1. The molecule has 3 heterocycles. The van der Waals surface area contributed by atoms with Gasteiger partial charge in [0.2, 0.25) is 5.91 Å². The minimum atomic E-state index is -1.05. The molecule has 1 saturated heterocycles. The Hall–Kier alpha value is -2.68. The summed E-state index contributed by atoms with van der Waals surface area (Å²) < 4.78 is 0. The van der Waals surface area contributed by atoms with Crippen LogP contribution in [-0.4, -0.2) is 59.7 Å². The molecule has 25 heavy (non-hydrogen) atoms. The second-order valence-electron chi connectivity index (χ2n) is 5.64. The maximum Gasteiger partial charge on any atom is 0.322 e. The quantitative estimate of drug-likeness (QED) is 0.778. The first-order chi connectivity index (χ1) is 12.1. The number of aliphatic carboxylic acids is 1. The smallest absolute Gasteiger partial charge is 0.322 e. The lowest BCUT2D eigenvalue weighted by Gasteiger charge is -2.35. The number of thiazole rings is 1. The van der Waals surface area contributed by atoms with Crippen LogP contribution in [0.2, 0.25) is 0 Å². The second-order valence-corrected chi connectivity index (χ2v) is 6.73. The molecule has 1 amide bonds. The summed E-state index contributed by atoms with van der Waals surface area (Å²) in [6.07, 6.45) is 5.44. The number of anilines is 2. The van der Waals surface area contributed by atoms with Crippen molar-refractivity contribution in [2.75, 3.05) is 42.5 Å². The SMILES string of the molecule is O=C(O)CNC(=O)Cc1cnc(N2CCN(c3ccncc3)CC2)s1. The van der Waals surface area contributed by atoms with Crippen LogP contribution in [0.5, 0.6) is 0 Å². The monoisotopic (exact) mass is 361 g/mol. The zero-order chi connectivity index (χ0) is 17.6. The van der Waals surface area contributed by atoms with Gasteiger partial charge in [0.05, 0.1) is 6.42 Å². The molecule has 0 radical (unpaired) electrons. The number of carbonyl (C=O) groups is 2. The molecule has 1 aliphatic heterocycles. The van der Waals surface area contributed by atoms with E-state index in [1.165, 1.54) is 17.0 Å². The summed E-state index contributed by atoms with van der Waals surface area (Å²) in [5.74, 6) is -1.36. The number of hydrogen-bond donors (Lipinski definition) is 2. The third-order valence-electron chi connectivity index (χ3n) is 3.89. The van der Waals surface area contributed by atoms with E-state index < -0.39 is 5.97 Å². The average molecular weight is 361 g/mol. The number of carboxylic acid groups (broad SMARTS) is 1. The van der Waals surface area contributed by atoms with E-state index in [9.17, 15) is 9.59 Å². The van der Waals surface area contributed by atoms with Gasteiger partial charge in [-0.15, -0.1) is 11.3 Å². The number of carboxylic acids is 1. The van der Waals surface area contributed by atoms with E-state index in [0.29, 0.717) is 0 Å². The van der Waals surface area contributed by atoms with Crippen LogP contribution in [0.1, 0.15) is 4.88 Å². The van der Waals surface area contributed by atoms with Crippen molar-refractivity contribution in [3.05, 3.63) is 35.6 Å². The Morgan fingerprint density at radius 2 is 1.84 bits per heavy atom. The number of nitrogens with one attached hydrogen (secondary N) is 1. The molecule has 3 rings (SSSR count). The predicted octanol–water partition coefficient (Wildman–Crippen LogP) is 0.608. The van der Waals surface area contributed by atoms with Gasteiger partial charge in [-0.25, -0.2) is 4.98 Å². The summed E-state index contributed by atoms with van der Waals surface area (Å²) >= 11 is 1.48. The summed E-state index contributed by atoms with van der Waals surface area (Å²) in [7, 11) is 0. The Morgan fingerprint density at radius 3 is 2.52 bits per heavy atom. The van der Waals surface area contributed by atoms with Crippen molar-refractivity contribution in [1.82, 2.24) is 15.3 Å².